The largest absolute Gasteiger partial charge is 0.510 e. The number of hydrogen-bond acceptors (Lipinski definition) is 2. The van der Waals surface area contributed by atoms with E-state index in [9.17, 15) is 9.60 Å². The van der Waals surface area contributed by atoms with Gasteiger partial charge < -0.3 is 13.9 Å². The fourth-order valence-electron chi connectivity index (χ4n) is 9.08. The summed E-state index contributed by atoms with van der Waals surface area (Å²) in [6.45, 7) is -15.0. The number of benzene rings is 8. The normalized spacial score (nSPS) is 22.6. The molecule has 0 saturated heterocycles. The minimum Gasteiger partial charge on any atom is -0.510 e. The molecule has 364 valence electrons. The molecule has 0 atom stereocenters. The number of rotatable bonds is 8. The molecule has 73 heavy (non-hydrogen) atoms. The Hall–Kier alpha value is -7.33. The second-order valence-corrected chi connectivity index (χ2v) is 18.2. The van der Waals surface area contributed by atoms with E-state index in [1.54, 1.807) is 73.9 Å². The van der Waals surface area contributed by atoms with Gasteiger partial charge in [-0.05, 0) is 115 Å². The van der Waals surface area contributed by atoms with Crippen molar-refractivity contribution < 1.29 is 74.2 Å². The maximum absolute atomic E-state index is 10.2. The van der Waals surface area contributed by atoms with E-state index in [2.05, 4.69) is 23.4 Å². The molecule has 3 aromatic heterocycles. The first-order valence-corrected chi connectivity index (χ1v) is 22.5. The van der Waals surface area contributed by atoms with Crippen LogP contribution in [0.5, 0.6) is 11.5 Å². The molecule has 1 aliphatic carbocycles. The summed E-state index contributed by atoms with van der Waals surface area (Å²) < 4.78 is 297. The molecule has 1 aliphatic rings. The van der Waals surface area contributed by atoms with E-state index < -0.39 is 158 Å². The SMILES string of the molecule is [2H]c1c([2H])c([2H])c(-c2ccc3c(c2)n(-c2[c-]c(Oc4[c-]c5c(cc4)c4ccccc4n5-c4cc(C([2H])([2H])[2H])c(-c5c([2H])c([2H])c([2H])c([2H])c5[2H])cn4)ccc2)[c-][n+]3-c2c(-c3c([2H])c([2H])c4c(c3[2H])C(C([2H])([2H])[2H])(C([2H])([2H])[2H])C([2H])([2H])C([2H])([2H])C4(C([2H])([2H])[2H])C([2H])([2H])[2H])cccc2C(C)(C)C)c([2H])c1[2H].[Pt]. The van der Waals surface area contributed by atoms with E-state index in [1.807, 2.05) is 6.07 Å². The number of ether oxygens (including phenoxy) is 1. The van der Waals surface area contributed by atoms with Gasteiger partial charge in [-0.1, -0.05) is 181 Å². The van der Waals surface area contributed by atoms with Crippen molar-refractivity contribution in [3.8, 4) is 62.1 Å². The van der Waals surface area contributed by atoms with Crippen LogP contribution in [-0.2, 0) is 37.3 Å². The summed E-state index contributed by atoms with van der Waals surface area (Å²) in [6.07, 6.45) is -4.79. The first-order valence-electron chi connectivity index (χ1n) is 38.5. The van der Waals surface area contributed by atoms with E-state index in [0.29, 0.717) is 21.8 Å². The number of imidazole rings is 1. The molecular weight excluding hydrogens is 1070 g/mol. The number of pyridine rings is 1. The fourth-order valence-corrected chi connectivity index (χ4v) is 9.08. The second-order valence-electron chi connectivity index (χ2n) is 18.2. The summed E-state index contributed by atoms with van der Waals surface area (Å²) >= 11 is 0. The van der Waals surface area contributed by atoms with Crippen molar-refractivity contribution in [2.75, 3.05) is 0 Å². The summed E-state index contributed by atoms with van der Waals surface area (Å²) in [7, 11) is 0. The van der Waals surface area contributed by atoms with Crippen LogP contribution in [0, 0.1) is 25.3 Å². The van der Waals surface area contributed by atoms with Crippen molar-refractivity contribution in [1.82, 2.24) is 14.1 Å². The van der Waals surface area contributed by atoms with Gasteiger partial charge in [0.25, 0.3) is 6.33 Å². The molecule has 8 aromatic carbocycles. The minimum atomic E-state index is -4.61. The third-order valence-corrected chi connectivity index (χ3v) is 12.4. The molecule has 0 unspecified atom stereocenters. The Morgan fingerprint density at radius 3 is 2.18 bits per heavy atom. The summed E-state index contributed by atoms with van der Waals surface area (Å²) in [5, 5.41) is 1.25. The van der Waals surface area contributed by atoms with Crippen molar-refractivity contribution >= 4 is 32.8 Å². The standard InChI is InChI=1S/C67H58N4O.Pt/c1-44-37-63(68-42-55(44)46-21-13-10-14-22-46)71-59-28-16-15-25-53(59)54-32-31-51(41-61(54)71)72-50-24-17-23-49(40-50)69-43-70(60-34-30-47(39-62(60)69)45-19-11-9-12-20-45)64-52(26-18-27-57(64)65(2,3)4)48-29-33-56-58(38-48)67(7,8)36-35-66(56,5)6;/h9-34,37-39,42H,35-36H2,1-8H3;/q-2;/i1D3,5D3,6D3,7D3,8D3,9D,10D,11D,12D,13D,14D,19D,20D,21D,22D,29D,33D,35D2,36D2,38D;. The molecule has 0 fully saturated rings. The van der Waals surface area contributed by atoms with E-state index in [1.165, 1.54) is 51.6 Å². The molecule has 0 radical (unpaired) electrons. The van der Waals surface area contributed by atoms with Gasteiger partial charge >= 0.3 is 0 Å². The van der Waals surface area contributed by atoms with Crippen LogP contribution in [0.3, 0.4) is 0 Å². The average molecular weight is 1160 g/mol. The van der Waals surface area contributed by atoms with Gasteiger partial charge in [-0.15, -0.1) is 29.7 Å². The molecule has 5 nitrogen and oxygen atoms in total. The third-order valence-electron chi connectivity index (χ3n) is 12.4. The molecule has 0 N–H and O–H groups in total. The first kappa shape index (κ1) is 23.7. The molecule has 11 aromatic rings. The van der Waals surface area contributed by atoms with Crippen molar-refractivity contribution in [2.24, 2.45) is 0 Å². The molecule has 12 rings (SSSR count). The summed E-state index contributed by atoms with van der Waals surface area (Å²) in [6, 6.07) is 20.6. The van der Waals surface area contributed by atoms with Crippen molar-refractivity contribution in [2.45, 2.75) is 84.0 Å². The first-order chi connectivity index (χ1) is 47.9. The van der Waals surface area contributed by atoms with Crippen LogP contribution < -0.4 is 9.30 Å². The zero-order valence-corrected chi connectivity index (χ0v) is 41.1. The van der Waals surface area contributed by atoms with Crippen molar-refractivity contribution in [1.29, 1.82) is 0 Å². The van der Waals surface area contributed by atoms with Crippen molar-refractivity contribution in [3.63, 3.8) is 0 Å². The van der Waals surface area contributed by atoms with Crippen LogP contribution >= 0.6 is 0 Å². The Morgan fingerprint density at radius 2 is 1.41 bits per heavy atom. The van der Waals surface area contributed by atoms with Crippen LogP contribution in [0.2, 0.25) is 0 Å². The Balaban J connectivity index is 0.0000110. The Kier molecular flexibility index (Phi) is 5.94. The number of nitrogens with zero attached hydrogens (tertiary/aromatic N) is 4. The summed E-state index contributed by atoms with van der Waals surface area (Å²) in [5.74, 6) is 0.0619. The number of fused-ring (bicyclic) bond motifs is 5. The smallest absolute Gasteiger partial charge is 0.268 e. The molecule has 0 spiro atoms. The predicted octanol–water partition coefficient (Wildman–Crippen LogP) is 16.5. The fraction of sp³-hybridized carbons (Fsp3) is 0.194. The quantitative estimate of drug-likeness (QED) is 0.112. The molecular formula is C67H58N4OPt-2. The monoisotopic (exact) mass is 1160 g/mol. The third kappa shape index (κ3) is 8.52. The van der Waals surface area contributed by atoms with Crippen LogP contribution in [-0.4, -0.2) is 14.1 Å². The number of aromatic nitrogens is 4. The van der Waals surface area contributed by atoms with Gasteiger partial charge in [0.2, 0.25) is 0 Å². The number of para-hydroxylation sites is 2. The second kappa shape index (κ2) is 18.3. The van der Waals surface area contributed by atoms with Gasteiger partial charge in [-0.2, -0.15) is 18.2 Å². The number of hydrogen-bond donors (Lipinski definition) is 0. The average Bonchev–Trinajstić information content (AvgIpc) is 0.968. The topological polar surface area (TPSA) is 35.9 Å². The van der Waals surface area contributed by atoms with Gasteiger partial charge in [0.15, 0.2) is 0 Å². The van der Waals surface area contributed by atoms with Crippen LogP contribution in [0.25, 0.3) is 83.4 Å². The van der Waals surface area contributed by atoms with Gasteiger partial charge in [0.05, 0.1) is 34.5 Å². The Labute approximate surface area is 489 Å². The van der Waals surface area contributed by atoms with E-state index >= 15 is 0 Å². The van der Waals surface area contributed by atoms with Gasteiger partial charge in [0, 0.05) is 75.9 Å². The maximum Gasteiger partial charge on any atom is 0.268 e. The van der Waals surface area contributed by atoms with E-state index in [-0.39, 0.29) is 99.7 Å². The Morgan fingerprint density at radius 1 is 0.671 bits per heavy atom. The molecule has 6 heteroatoms. The van der Waals surface area contributed by atoms with Crippen LogP contribution in [0.4, 0.5) is 0 Å². The number of aryl methyl sites for hydroxylation is 1. The Bertz CT molecular complexity index is 5380. The van der Waals surface area contributed by atoms with Crippen molar-refractivity contribution in [3.05, 3.63) is 223 Å². The van der Waals surface area contributed by atoms with Gasteiger partial charge in [-0.3, -0.25) is 4.57 Å². The zero-order valence-electron chi connectivity index (χ0n) is 70.8. The molecule has 0 aliphatic heterocycles. The van der Waals surface area contributed by atoms with E-state index in [4.69, 9.17) is 39.0 Å². The van der Waals surface area contributed by atoms with Gasteiger partial charge in [0.1, 0.15) is 5.82 Å². The van der Waals surface area contributed by atoms with Gasteiger partial charge in [-0.25, -0.2) is 4.98 Å². The van der Waals surface area contributed by atoms with Crippen LogP contribution in [0.1, 0.15) is 127 Å². The molecule has 0 amide bonds. The summed E-state index contributed by atoms with van der Waals surface area (Å²) in [5.41, 5.74) is -14.2. The zero-order chi connectivity index (χ0) is 76.9. The molecule has 0 bridgehead atoms. The summed E-state index contributed by atoms with van der Waals surface area (Å²) in [4.78, 5) is 4.64. The van der Waals surface area contributed by atoms with E-state index in [0.717, 1.165) is 6.20 Å². The minimum absolute atomic E-state index is 0. The maximum atomic E-state index is 10.2. The van der Waals surface area contributed by atoms with Crippen LogP contribution in [0.15, 0.2) is 182 Å². The molecule has 3 heterocycles. The molecule has 0 saturated carbocycles. The predicted molar refractivity (Wildman–Crippen MR) is 295 cm³/mol.